The maximum absolute atomic E-state index is 9.04. The second-order valence-electron chi connectivity index (χ2n) is 6.15. The Balaban J connectivity index is 1.72. The van der Waals surface area contributed by atoms with Crippen molar-refractivity contribution >= 4 is 0 Å². The van der Waals surface area contributed by atoms with E-state index in [-0.39, 0.29) is 0 Å². The topological polar surface area (TPSA) is 71.2 Å². The second-order valence-corrected chi connectivity index (χ2v) is 6.15. The van der Waals surface area contributed by atoms with Crippen LogP contribution in [0.25, 0.3) is 0 Å². The third-order valence-corrected chi connectivity index (χ3v) is 4.69. The molecule has 1 aromatic heterocycles. The second kappa shape index (κ2) is 8.49. The highest BCUT2D eigenvalue weighted by Crippen LogP contribution is 2.32. The molecule has 5 nitrogen and oxygen atoms in total. The van der Waals surface area contributed by atoms with E-state index < -0.39 is 0 Å². The Morgan fingerprint density at radius 3 is 2.62 bits per heavy atom. The maximum Gasteiger partial charge on any atom is 0.229 e. The minimum absolute atomic E-state index is 0.295. The molecule has 0 radical (unpaired) electrons. The molecule has 1 aromatic rings. The van der Waals surface area contributed by atoms with Gasteiger partial charge in [0, 0.05) is 25.0 Å². The van der Waals surface area contributed by atoms with E-state index in [0.29, 0.717) is 24.5 Å². The number of nitrogens with zero attached hydrogens (tertiary/aromatic N) is 2. The highest BCUT2D eigenvalue weighted by Gasteiger charge is 2.26. The summed E-state index contributed by atoms with van der Waals surface area (Å²) in [7, 11) is 0. The van der Waals surface area contributed by atoms with Crippen molar-refractivity contribution in [2.45, 2.75) is 70.8 Å². The summed E-state index contributed by atoms with van der Waals surface area (Å²) in [5, 5.41) is 16.7. The average Bonchev–Trinajstić information content (AvgIpc) is 3.01. The molecule has 0 saturated heterocycles. The molecule has 0 amide bonds. The summed E-state index contributed by atoms with van der Waals surface area (Å²) in [6.07, 6.45) is 7.46. The van der Waals surface area contributed by atoms with Gasteiger partial charge >= 0.3 is 0 Å². The lowest BCUT2D eigenvalue weighted by atomic mass is 9.85. The van der Waals surface area contributed by atoms with Crippen LogP contribution in [-0.4, -0.2) is 34.4 Å². The Labute approximate surface area is 127 Å². The van der Waals surface area contributed by atoms with E-state index in [9.17, 15) is 0 Å². The van der Waals surface area contributed by atoms with Gasteiger partial charge in [-0.3, -0.25) is 0 Å². The summed E-state index contributed by atoms with van der Waals surface area (Å²) in [5.41, 5.74) is 0. The van der Waals surface area contributed by atoms with Gasteiger partial charge in [0.25, 0.3) is 0 Å². The molecule has 0 spiro atoms. The number of nitrogens with one attached hydrogen (secondary N) is 1. The maximum atomic E-state index is 9.04. The van der Waals surface area contributed by atoms with Gasteiger partial charge in [0.1, 0.15) is 0 Å². The van der Waals surface area contributed by atoms with E-state index in [1.54, 1.807) is 0 Å². The summed E-state index contributed by atoms with van der Waals surface area (Å²) in [4.78, 5) is 4.46. The number of hydrogen-bond donors (Lipinski definition) is 2. The number of aliphatic hydroxyl groups is 1. The van der Waals surface area contributed by atoms with Crippen molar-refractivity contribution in [3.63, 3.8) is 0 Å². The molecule has 1 aliphatic rings. The fourth-order valence-electron chi connectivity index (χ4n) is 3.09. The molecule has 2 rings (SSSR count). The number of aromatic nitrogens is 2. The average molecular weight is 295 g/mol. The Morgan fingerprint density at radius 1 is 1.29 bits per heavy atom. The summed E-state index contributed by atoms with van der Waals surface area (Å²) in [6, 6.07) is 0.600. The molecule has 2 N–H and O–H groups in total. The van der Waals surface area contributed by atoms with Gasteiger partial charge in [0.15, 0.2) is 5.82 Å². The summed E-state index contributed by atoms with van der Waals surface area (Å²) >= 11 is 0. The monoisotopic (exact) mass is 295 g/mol. The lowest BCUT2D eigenvalue weighted by molar-refractivity contribution is 0.238. The molecule has 0 bridgehead atoms. The normalized spacial score (nSPS) is 24.1. The van der Waals surface area contributed by atoms with Crippen LogP contribution < -0.4 is 5.32 Å². The van der Waals surface area contributed by atoms with Gasteiger partial charge in [0.05, 0.1) is 0 Å². The first-order valence-corrected chi connectivity index (χ1v) is 8.43. The quantitative estimate of drug-likeness (QED) is 0.771. The Kier molecular flexibility index (Phi) is 6.64. The summed E-state index contributed by atoms with van der Waals surface area (Å²) < 4.78 is 5.37. The van der Waals surface area contributed by atoms with Gasteiger partial charge < -0.3 is 14.9 Å². The third kappa shape index (κ3) is 4.78. The van der Waals surface area contributed by atoms with Crippen LogP contribution in [0.4, 0.5) is 0 Å². The molecule has 1 atom stereocenters. The SMILES string of the molecule is CCc1noc(C2CCC(NCC(CC)CCO)CC2)n1. The number of aryl methyl sites for hydroxylation is 1. The highest BCUT2D eigenvalue weighted by molar-refractivity contribution is 4.97. The number of hydrogen-bond acceptors (Lipinski definition) is 5. The molecular weight excluding hydrogens is 266 g/mol. The van der Waals surface area contributed by atoms with E-state index in [1.165, 1.54) is 12.8 Å². The van der Waals surface area contributed by atoms with E-state index in [1.807, 2.05) is 6.92 Å². The fourth-order valence-corrected chi connectivity index (χ4v) is 3.09. The van der Waals surface area contributed by atoms with Crippen molar-refractivity contribution in [1.29, 1.82) is 0 Å². The van der Waals surface area contributed by atoms with Crippen molar-refractivity contribution < 1.29 is 9.63 Å². The zero-order valence-corrected chi connectivity index (χ0v) is 13.3. The molecule has 120 valence electrons. The Morgan fingerprint density at radius 2 is 2.05 bits per heavy atom. The molecule has 1 aliphatic carbocycles. The predicted octanol–water partition coefficient (Wildman–Crippen LogP) is 2.66. The number of aliphatic hydroxyl groups excluding tert-OH is 1. The molecule has 1 unspecified atom stereocenters. The van der Waals surface area contributed by atoms with Gasteiger partial charge in [-0.15, -0.1) is 0 Å². The van der Waals surface area contributed by atoms with Crippen LogP contribution >= 0.6 is 0 Å². The molecule has 0 aromatic carbocycles. The van der Waals surface area contributed by atoms with Crippen molar-refractivity contribution in [1.82, 2.24) is 15.5 Å². The smallest absolute Gasteiger partial charge is 0.229 e. The lowest BCUT2D eigenvalue weighted by Gasteiger charge is -2.28. The Hall–Kier alpha value is -0.940. The largest absolute Gasteiger partial charge is 0.396 e. The van der Waals surface area contributed by atoms with Crippen LogP contribution in [0.15, 0.2) is 4.52 Å². The first-order valence-electron chi connectivity index (χ1n) is 8.43. The standard InChI is InChI=1S/C16H29N3O2/c1-3-12(9-10-20)11-17-14-7-5-13(6-8-14)16-18-15(4-2)19-21-16/h12-14,17,20H,3-11H2,1-2H3. The first-order chi connectivity index (χ1) is 10.3. The van der Waals surface area contributed by atoms with E-state index >= 15 is 0 Å². The van der Waals surface area contributed by atoms with Crippen molar-refractivity contribution in [2.75, 3.05) is 13.2 Å². The minimum atomic E-state index is 0.295. The van der Waals surface area contributed by atoms with Gasteiger partial charge in [-0.05, 0) is 44.6 Å². The van der Waals surface area contributed by atoms with Crippen LogP contribution in [0.1, 0.15) is 70.0 Å². The third-order valence-electron chi connectivity index (χ3n) is 4.69. The molecule has 1 heterocycles. The van der Waals surface area contributed by atoms with Gasteiger partial charge in [-0.2, -0.15) is 4.98 Å². The van der Waals surface area contributed by atoms with Gasteiger partial charge in [0.2, 0.25) is 5.89 Å². The van der Waals surface area contributed by atoms with Crippen molar-refractivity contribution in [2.24, 2.45) is 5.92 Å². The van der Waals surface area contributed by atoms with Crippen molar-refractivity contribution in [3.05, 3.63) is 11.7 Å². The zero-order valence-electron chi connectivity index (χ0n) is 13.3. The van der Waals surface area contributed by atoms with Crippen molar-refractivity contribution in [3.8, 4) is 0 Å². The Bertz CT molecular complexity index is 400. The zero-order chi connectivity index (χ0) is 15.1. The van der Waals surface area contributed by atoms with Gasteiger partial charge in [-0.25, -0.2) is 0 Å². The molecule has 1 fully saturated rings. The van der Waals surface area contributed by atoms with Crippen LogP contribution in [0.2, 0.25) is 0 Å². The molecular formula is C16H29N3O2. The van der Waals surface area contributed by atoms with Crippen LogP contribution in [0.5, 0.6) is 0 Å². The van der Waals surface area contributed by atoms with Crippen LogP contribution in [0, 0.1) is 5.92 Å². The molecule has 5 heteroatoms. The highest BCUT2D eigenvalue weighted by atomic mass is 16.5. The summed E-state index contributed by atoms with van der Waals surface area (Å²) in [6.45, 7) is 5.56. The van der Waals surface area contributed by atoms with Crippen LogP contribution in [-0.2, 0) is 6.42 Å². The number of rotatable bonds is 8. The van der Waals surface area contributed by atoms with E-state index in [4.69, 9.17) is 9.63 Å². The first kappa shape index (κ1) is 16.4. The van der Waals surface area contributed by atoms with E-state index in [2.05, 4.69) is 22.4 Å². The van der Waals surface area contributed by atoms with Gasteiger partial charge in [-0.1, -0.05) is 25.4 Å². The minimum Gasteiger partial charge on any atom is -0.396 e. The fraction of sp³-hybridized carbons (Fsp3) is 0.875. The lowest BCUT2D eigenvalue weighted by Crippen LogP contribution is -2.36. The molecule has 21 heavy (non-hydrogen) atoms. The predicted molar refractivity (Wildman–Crippen MR) is 82.2 cm³/mol. The molecule has 0 aliphatic heterocycles. The summed E-state index contributed by atoms with van der Waals surface area (Å²) in [5.74, 6) is 2.68. The van der Waals surface area contributed by atoms with E-state index in [0.717, 1.165) is 50.4 Å². The van der Waals surface area contributed by atoms with Crippen LogP contribution in [0.3, 0.4) is 0 Å². The molecule has 1 saturated carbocycles.